The van der Waals surface area contributed by atoms with Crippen molar-refractivity contribution in [2.24, 2.45) is 0 Å². The Morgan fingerprint density at radius 1 is 0.108 bits per heavy atom. The summed E-state index contributed by atoms with van der Waals surface area (Å²) in [6, 6.07) is 188. The molecule has 24 aromatic rings. The largest absolute Gasteiger partial charge is 0.311 e. The smallest absolute Gasteiger partial charge is 0.0540 e. The highest BCUT2D eigenvalue weighted by molar-refractivity contribution is 6.28. The number of benzene rings is 24. The minimum Gasteiger partial charge on any atom is -0.311 e. The van der Waals surface area contributed by atoms with Gasteiger partial charge in [0.1, 0.15) is 0 Å². The van der Waals surface area contributed by atoms with Gasteiger partial charge in [-0.3, -0.25) is 0 Å². The van der Waals surface area contributed by atoms with E-state index in [1.165, 1.54) is 170 Å². The molecular weight excluding hydrogens is 1570 g/mol. The molecule has 0 N–H and O–H groups in total. The molecule has 0 aliphatic carbocycles. The third kappa shape index (κ3) is 14.0. The summed E-state index contributed by atoms with van der Waals surface area (Å²) in [5.41, 5.74) is 32.4. The van der Waals surface area contributed by atoms with Crippen molar-refractivity contribution in [2.45, 2.75) is 0 Å². The van der Waals surface area contributed by atoms with E-state index in [9.17, 15) is 0 Å². The molecule has 0 amide bonds. The second-order valence-corrected chi connectivity index (χ2v) is 34.1. The summed E-state index contributed by atoms with van der Waals surface area (Å²) in [5, 5.41) is 20.0. The monoisotopic (exact) mass is 1650 g/mol. The summed E-state index contributed by atoms with van der Waals surface area (Å²) < 4.78 is 0. The Kier molecular flexibility index (Phi) is 19.3. The van der Waals surface area contributed by atoms with Crippen molar-refractivity contribution in [3.05, 3.63) is 510 Å². The van der Waals surface area contributed by atoms with Crippen LogP contribution in [0.4, 0.5) is 34.1 Å². The van der Waals surface area contributed by atoms with Crippen LogP contribution < -0.4 is 9.80 Å². The summed E-state index contributed by atoms with van der Waals surface area (Å²) in [6.45, 7) is 0. The lowest BCUT2D eigenvalue weighted by Crippen LogP contribution is -2.11. The lowest BCUT2D eigenvalue weighted by Gasteiger charge is -2.29. The van der Waals surface area contributed by atoms with E-state index in [2.05, 4.69) is 519 Å². The van der Waals surface area contributed by atoms with E-state index in [1.54, 1.807) is 0 Å². The quantitative estimate of drug-likeness (QED) is 0.0839. The Balaban J connectivity index is 0.514. The molecule has 24 rings (SSSR count). The molecule has 0 unspecified atom stereocenters. The summed E-state index contributed by atoms with van der Waals surface area (Å²) >= 11 is 0. The van der Waals surface area contributed by atoms with Gasteiger partial charge in [0.05, 0.1) is 5.69 Å². The third-order valence-electron chi connectivity index (χ3n) is 26.7. The zero-order valence-corrected chi connectivity index (χ0v) is 71.4. The first kappa shape index (κ1) is 76.6. The van der Waals surface area contributed by atoms with Crippen LogP contribution in [0.25, 0.3) is 209 Å². The molecule has 130 heavy (non-hydrogen) atoms. The molecule has 606 valence electrons. The van der Waals surface area contributed by atoms with E-state index >= 15 is 0 Å². The van der Waals surface area contributed by atoms with Crippen molar-refractivity contribution in [1.29, 1.82) is 0 Å². The van der Waals surface area contributed by atoms with Gasteiger partial charge in [-0.2, -0.15) is 0 Å². The Labute approximate surface area is 756 Å². The van der Waals surface area contributed by atoms with Crippen LogP contribution in [-0.2, 0) is 0 Å². The van der Waals surface area contributed by atoms with E-state index < -0.39 is 0 Å². The highest BCUT2D eigenvalue weighted by Gasteiger charge is 2.24. The van der Waals surface area contributed by atoms with Crippen molar-refractivity contribution in [3.63, 3.8) is 0 Å². The Hall–Kier alpha value is -17.0. The minimum atomic E-state index is 1.06. The molecule has 0 saturated carbocycles. The molecule has 0 atom stereocenters. The average Bonchev–Trinajstić information content (AvgIpc) is 0.732. The van der Waals surface area contributed by atoms with Crippen molar-refractivity contribution in [1.82, 2.24) is 0 Å². The molecule has 0 fully saturated rings. The van der Waals surface area contributed by atoms with Gasteiger partial charge in [-0.05, 0) is 294 Å². The second-order valence-electron chi connectivity index (χ2n) is 34.1. The van der Waals surface area contributed by atoms with Gasteiger partial charge in [0.25, 0.3) is 0 Å². The van der Waals surface area contributed by atoms with E-state index in [4.69, 9.17) is 0 Å². The maximum absolute atomic E-state index is 2.43. The fourth-order valence-electron chi connectivity index (χ4n) is 20.2. The molecule has 2 heteroatoms. The lowest BCUT2D eigenvalue weighted by atomic mass is 9.89. The van der Waals surface area contributed by atoms with Crippen molar-refractivity contribution in [3.8, 4) is 122 Å². The summed E-state index contributed by atoms with van der Waals surface area (Å²) in [7, 11) is 0. The van der Waals surface area contributed by atoms with Crippen LogP contribution in [0.1, 0.15) is 0 Å². The highest BCUT2D eigenvalue weighted by Crippen LogP contribution is 2.49. The fraction of sp³-hybridized carbons (Fsp3) is 0. The number of hydrogen-bond acceptors (Lipinski definition) is 2. The van der Waals surface area contributed by atoms with Crippen LogP contribution in [0.15, 0.2) is 510 Å². The topological polar surface area (TPSA) is 6.48 Å². The van der Waals surface area contributed by atoms with Gasteiger partial charge in [-0.1, -0.05) is 419 Å². The SMILES string of the molecule is c1ccc(-c2ccc(N(c3ccc(-c4ccc5c6ccc(-c7ccc(-c8ccc(-c9ccc(N(c%10ccc(-c%11ccc%12c%13ccccc%13c%13ccccc%13c%12c%11)cc%10)c%10ccc(-c%11ccc%12ccccc%12c%11-c%11ccccc%11)cc%10)cc9)cc8)cc7)cc6c6ccccc6c5c4)cc3)c3ccc(-c4ccc5ccccc5c4-c4ccccc4)cc3)c(-c3ccccc3)c2)cc1. The summed E-state index contributed by atoms with van der Waals surface area (Å²) in [4.78, 5) is 4.82. The zero-order chi connectivity index (χ0) is 86.0. The standard InChI is InChI=1S/C128H84N2/c1-5-23-85(24-6-1)103-64-80-126(122(81-103)93-25-7-2-8-26-93)130(108-73-57-97(58-74-108)112-76-60-95-28-14-16-34-110(95)128(112)99-31-11-4-12-32-99)107-69-53-92(54-70-107)102-63-79-121-120-78-62-100(82-124(120)117-39-21-22-40-118(117)125(121)84-102)90-47-45-87(46-48-90)86-41-43-88(44-42-86)89-49-65-104(66-50-89)129(106-71-55-96(56-72-106)111-75-59-94-27-13-15-33-109(94)127(111)98-29-9-3-10-30-98)105-67-51-91(52-68-105)101-61-77-119-115-37-18-17-35-113(115)114-36-19-20-38-116(114)123(119)83-101/h1-84H. The van der Waals surface area contributed by atoms with Gasteiger partial charge in [-0.15, -0.1) is 0 Å². The summed E-state index contributed by atoms with van der Waals surface area (Å²) in [6.07, 6.45) is 0. The number of nitrogens with zero attached hydrogens (tertiary/aromatic N) is 2. The maximum Gasteiger partial charge on any atom is 0.0540 e. The molecule has 0 aliphatic heterocycles. The van der Waals surface area contributed by atoms with Gasteiger partial charge >= 0.3 is 0 Å². The van der Waals surface area contributed by atoms with Crippen LogP contribution in [0.5, 0.6) is 0 Å². The zero-order valence-electron chi connectivity index (χ0n) is 71.4. The lowest BCUT2D eigenvalue weighted by molar-refractivity contribution is 1.28. The predicted molar refractivity (Wildman–Crippen MR) is 556 cm³/mol. The second kappa shape index (κ2) is 32.8. The van der Waals surface area contributed by atoms with Gasteiger partial charge < -0.3 is 9.80 Å². The Morgan fingerprint density at radius 3 is 0.662 bits per heavy atom. The molecular formula is C128H84N2. The van der Waals surface area contributed by atoms with Gasteiger partial charge in [0.2, 0.25) is 0 Å². The Bertz CT molecular complexity index is 8370. The predicted octanol–water partition coefficient (Wildman–Crippen LogP) is 36.2. The van der Waals surface area contributed by atoms with Crippen molar-refractivity contribution >= 4 is 120 Å². The maximum atomic E-state index is 2.43. The normalized spacial score (nSPS) is 11.5. The fourth-order valence-corrected chi connectivity index (χ4v) is 20.2. The molecule has 24 aromatic carbocycles. The van der Waals surface area contributed by atoms with Crippen LogP contribution in [0.3, 0.4) is 0 Å². The number of rotatable bonds is 17. The highest BCUT2D eigenvalue weighted by atomic mass is 15.1. The van der Waals surface area contributed by atoms with E-state index in [0.717, 1.165) is 73.1 Å². The van der Waals surface area contributed by atoms with Crippen LogP contribution in [0.2, 0.25) is 0 Å². The summed E-state index contributed by atoms with van der Waals surface area (Å²) in [5.74, 6) is 0. The van der Waals surface area contributed by atoms with Crippen LogP contribution in [0, 0.1) is 0 Å². The minimum absolute atomic E-state index is 1.06. The number of anilines is 6. The molecule has 0 spiro atoms. The molecule has 0 heterocycles. The molecule has 0 bridgehead atoms. The average molecular weight is 1650 g/mol. The van der Waals surface area contributed by atoms with Crippen molar-refractivity contribution < 1.29 is 0 Å². The number of fused-ring (bicyclic) bond motifs is 14. The van der Waals surface area contributed by atoms with E-state index in [0.29, 0.717) is 0 Å². The van der Waals surface area contributed by atoms with Gasteiger partial charge in [0, 0.05) is 34.0 Å². The van der Waals surface area contributed by atoms with E-state index in [-0.39, 0.29) is 0 Å². The van der Waals surface area contributed by atoms with Crippen LogP contribution >= 0.6 is 0 Å². The Morgan fingerprint density at radius 2 is 0.323 bits per heavy atom. The van der Waals surface area contributed by atoms with Crippen LogP contribution in [-0.4, -0.2) is 0 Å². The first-order valence-corrected chi connectivity index (χ1v) is 44.9. The van der Waals surface area contributed by atoms with Gasteiger partial charge in [0.15, 0.2) is 0 Å². The number of hydrogen-bond donors (Lipinski definition) is 0. The molecule has 0 aromatic heterocycles. The molecule has 2 nitrogen and oxygen atoms in total. The van der Waals surface area contributed by atoms with E-state index in [1.807, 2.05) is 0 Å². The molecule has 0 radical (unpaired) electrons. The third-order valence-corrected chi connectivity index (χ3v) is 26.7. The van der Waals surface area contributed by atoms with Crippen molar-refractivity contribution in [2.75, 3.05) is 9.80 Å². The first-order valence-electron chi connectivity index (χ1n) is 44.9. The van der Waals surface area contributed by atoms with Gasteiger partial charge in [-0.25, -0.2) is 0 Å². The first-order chi connectivity index (χ1) is 64.4. The molecule has 0 saturated heterocycles. The molecule has 0 aliphatic rings.